The number of carbonyl (C=O) groups is 1. The van der Waals surface area contributed by atoms with Crippen LogP contribution in [0.25, 0.3) is 20.8 Å². The maximum absolute atomic E-state index is 12.8. The monoisotopic (exact) mass is 514 g/mol. The normalized spacial score (nSPS) is 10.8. The highest BCUT2D eigenvalue weighted by Gasteiger charge is 2.14. The topological polar surface area (TPSA) is 51.2 Å². The molecular formula is C23H19IN2O2S. The minimum atomic E-state index is -0.157. The summed E-state index contributed by atoms with van der Waals surface area (Å²) in [5.74, 6) is 0.614. The first-order valence-electron chi connectivity index (χ1n) is 9.34. The van der Waals surface area contributed by atoms with E-state index in [1.54, 1.807) is 23.5 Å². The van der Waals surface area contributed by atoms with Gasteiger partial charge in [-0.05, 0) is 83.6 Å². The summed E-state index contributed by atoms with van der Waals surface area (Å²) >= 11 is 3.90. The molecule has 0 aliphatic heterocycles. The SMILES string of the molecule is CCCOc1ccc(C(=O)Nc2ccc(I)cc2-c2nc3ccccc3s2)cc1. The molecule has 6 heteroatoms. The van der Waals surface area contributed by atoms with Crippen LogP contribution in [0, 0.1) is 3.57 Å². The molecule has 0 saturated carbocycles. The lowest BCUT2D eigenvalue weighted by molar-refractivity contribution is 0.102. The third-order valence-corrected chi connectivity index (χ3v) is 6.08. The minimum Gasteiger partial charge on any atom is -0.494 e. The molecule has 0 aliphatic carbocycles. The number of ether oxygens (including phenoxy) is 1. The number of fused-ring (bicyclic) bond motifs is 1. The van der Waals surface area contributed by atoms with Gasteiger partial charge >= 0.3 is 0 Å². The van der Waals surface area contributed by atoms with Gasteiger partial charge in [0.1, 0.15) is 10.8 Å². The van der Waals surface area contributed by atoms with E-state index in [4.69, 9.17) is 9.72 Å². The Balaban J connectivity index is 1.61. The average molecular weight is 514 g/mol. The van der Waals surface area contributed by atoms with E-state index in [1.165, 1.54) is 0 Å². The molecule has 0 atom stereocenters. The van der Waals surface area contributed by atoms with E-state index in [0.717, 1.165) is 42.2 Å². The Labute approximate surface area is 187 Å². The number of nitrogens with one attached hydrogen (secondary N) is 1. The predicted molar refractivity (Wildman–Crippen MR) is 128 cm³/mol. The third kappa shape index (κ3) is 4.59. The second-order valence-electron chi connectivity index (χ2n) is 6.50. The molecule has 0 bridgehead atoms. The van der Waals surface area contributed by atoms with Gasteiger partial charge in [-0.25, -0.2) is 4.98 Å². The number of amides is 1. The number of aromatic nitrogens is 1. The number of anilines is 1. The molecule has 4 nitrogen and oxygen atoms in total. The van der Waals surface area contributed by atoms with Gasteiger partial charge in [0.25, 0.3) is 5.91 Å². The summed E-state index contributed by atoms with van der Waals surface area (Å²) in [6.07, 6.45) is 0.948. The van der Waals surface area contributed by atoms with Crippen molar-refractivity contribution < 1.29 is 9.53 Å². The summed E-state index contributed by atoms with van der Waals surface area (Å²) in [4.78, 5) is 17.6. The van der Waals surface area contributed by atoms with E-state index in [9.17, 15) is 4.79 Å². The van der Waals surface area contributed by atoms with Crippen molar-refractivity contribution in [1.82, 2.24) is 4.98 Å². The molecule has 29 heavy (non-hydrogen) atoms. The molecular weight excluding hydrogens is 495 g/mol. The van der Waals surface area contributed by atoms with Crippen molar-refractivity contribution in [2.75, 3.05) is 11.9 Å². The Morgan fingerprint density at radius 3 is 2.66 bits per heavy atom. The van der Waals surface area contributed by atoms with Crippen molar-refractivity contribution in [3.8, 4) is 16.3 Å². The maximum atomic E-state index is 12.8. The number of para-hydroxylation sites is 1. The zero-order valence-corrected chi connectivity index (χ0v) is 18.8. The number of thiazole rings is 1. The van der Waals surface area contributed by atoms with Crippen molar-refractivity contribution in [1.29, 1.82) is 0 Å². The highest BCUT2D eigenvalue weighted by atomic mass is 127. The lowest BCUT2D eigenvalue weighted by atomic mass is 10.1. The molecule has 0 unspecified atom stereocenters. The zero-order chi connectivity index (χ0) is 20.2. The van der Waals surface area contributed by atoms with Crippen LogP contribution in [-0.2, 0) is 0 Å². The van der Waals surface area contributed by atoms with E-state index in [0.29, 0.717) is 12.2 Å². The summed E-state index contributed by atoms with van der Waals surface area (Å²) in [7, 11) is 0. The van der Waals surface area contributed by atoms with Gasteiger partial charge in [-0.15, -0.1) is 11.3 Å². The van der Waals surface area contributed by atoms with Crippen LogP contribution >= 0.6 is 33.9 Å². The summed E-state index contributed by atoms with van der Waals surface area (Å²) in [5, 5.41) is 3.94. The Kier molecular flexibility index (Phi) is 6.10. The number of halogens is 1. The van der Waals surface area contributed by atoms with Gasteiger partial charge < -0.3 is 10.1 Å². The molecule has 1 amide bonds. The number of carbonyl (C=O) groups excluding carboxylic acids is 1. The summed E-state index contributed by atoms with van der Waals surface area (Å²) in [5.41, 5.74) is 3.23. The van der Waals surface area contributed by atoms with Crippen molar-refractivity contribution in [3.05, 3.63) is 75.9 Å². The number of rotatable bonds is 6. The molecule has 1 N–H and O–H groups in total. The predicted octanol–water partition coefficient (Wildman–Crippen LogP) is 6.61. The Bertz CT molecular complexity index is 1120. The van der Waals surface area contributed by atoms with Gasteiger partial charge in [0, 0.05) is 14.7 Å². The van der Waals surface area contributed by atoms with E-state index in [-0.39, 0.29) is 5.91 Å². The van der Waals surface area contributed by atoms with Crippen molar-refractivity contribution in [3.63, 3.8) is 0 Å². The molecule has 4 rings (SSSR count). The van der Waals surface area contributed by atoms with Gasteiger partial charge in [-0.2, -0.15) is 0 Å². The third-order valence-electron chi connectivity index (χ3n) is 4.34. The van der Waals surface area contributed by atoms with Crippen molar-refractivity contribution >= 4 is 55.7 Å². The Morgan fingerprint density at radius 2 is 1.90 bits per heavy atom. The molecule has 146 valence electrons. The molecule has 1 aromatic heterocycles. The Morgan fingerprint density at radius 1 is 1.10 bits per heavy atom. The van der Waals surface area contributed by atoms with Gasteiger partial charge in [0.2, 0.25) is 0 Å². The lowest BCUT2D eigenvalue weighted by Crippen LogP contribution is -2.12. The summed E-state index contributed by atoms with van der Waals surface area (Å²) < 4.78 is 7.80. The van der Waals surface area contributed by atoms with Crippen LogP contribution in [0.2, 0.25) is 0 Å². The first-order valence-corrected chi connectivity index (χ1v) is 11.2. The van der Waals surface area contributed by atoms with Crippen LogP contribution in [0.3, 0.4) is 0 Å². The van der Waals surface area contributed by atoms with E-state index in [2.05, 4.69) is 47.0 Å². The van der Waals surface area contributed by atoms with Crippen LogP contribution < -0.4 is 10.1 Å². The average Bonchev–Trinajstić information content (AvgIpc) is 3.18. The molecule has 0 spiro atoms. The second-order valence-corrected chi connectivity index (χ2v) is 8.78. The van der Waals surface area contributed by atoms with Gasteiger partial charge in [0.15, 0.2) is 0 Å². The number of hydrogen-bond donors (Lipinski definition) is 1. The van der Waals surface area contributed by atoms with Crippen LogP contribution in [0.4, 0.5) is 5.69 Å². The maximum Gasteiger partial charge on any atom is 0.255 e. The molecule has 0 radical (unpaired) electrons. The highest BCUT2D eigenvalue weighted by molar-refractivity contribution is 14.1. The quantitative estimate of drug-likeness (QED) is 0.295. The molecule has 1 heterocycles. The first kappa shape index (κ1) is 19.8. The van der Waals surface area contributed by atoms with E-state index in [1.807, 2.05) is 42.5 Å². The fraction of sp³-hybridized carbons (Fsp3) is 0.130. The molecule has 0 aliphatic rings. The van der Waals surface area contributed by atoms with Crippen molar-refractivity contribution in [2.24, 2.45) is 0 Å². The van der Waals surface area contributed by atoms with Gasteiger partial charge in [-0.3, -0.25) is 4.79 Å². The minimum absolute atomic E-state index is 0.157. The second kappa shape index (κ2) is 8.92. The van der Waals surface area contributed by atoms with Crippen molar-refractivity contribution in [2.45, 2.75) is 13.3 Å². The molecule has 0 fully saturated rings. The van der Waals surface area contributed by atoms with Crippen LogP contribution in [-0.4, -0.2) is 17.5 Å². The zero-order valence-electron chi connectivity index (χ0n) is 15.8. The summed E-state index contributed by atoms with van der Waals surface area (Å²) in [6.45, 7) is 2.73. The largest absolute Gasteiger partial charge is 0.494 e. The Hall–Kier alpha value is -2.45. The highest BCUT2D eigenvalue weighted by Crippen LogP contribution is 2.35. The van der Waals surface area contributed by atoms with Crippen LogP contribution in [0.5, 0.6) is 5.75 Å². The van der Waals surface area contributed by atoms with Gasteiger partial charge in [0.05, 0.1) is 22.5 Å². The van der Waals surface area contributed by atoms with Gasteiger partial charge in [-0.1, -0.05) is 19.1 Å². The number of nitrogens with zero attached hydrogens (tertiary/aromatic N) is 1. The van der Waals surface area contributed by atoms with Crippen LogP contribution in [0.15, 0.2) is 66.7 Å². The molecule has 4 aromatic rings. The molecule has 3 aromatic carbocycles. The standard InChI is InChI=1S/C23H19IN2O2S/c1-2-13-28-17-10-7-15(8-11-17)22(27)25-19-12-9-16(24)14-18(19)23-26-20-5-3-4-6-21(20)29-23/h3-12,14H,2,13H2,1H3,(H,25,27). The van der Waals surface area contributed by atoms with E-state index < -0.39 is 0 Å². The van der Waals surface area contributed by atoms with Crippen LogP contribution in [0.1, 0.15) is 23.7 Å². The smallest absolute Gasteiger partial charge is 0.255 e. The molecule has 0 saturated heterocycles. The first-order chi connectivity index (χ1) is 14.1. The number of hydrogen-bond acceptors (Lipinski definition) is 4. The fourth-order valence-electron chi connectivity index (χ4n) is 2.91. The summed E-state index contributed by atoms with van der Waals surface area (Å²) in [6, 6.07) is 21.2. The number of benzene rings is 3. The lowest BCUT2D eigenvalue weighted by Gasteiger charge is -2.11. The van der Waals surface area contributed by atoms with E-state index >= 15 is 0 Å². The fourth-order valence-corrected chi connectivity index (χ4v) is 4.39.